The molecule has 5 heteroatoms. The number of pyridine rings is 1. The monoisotopic (exact) mass is 325 g/mol. The van der Waals surface area contributed by atoms with E-state index in [-0.39, 0.29) is 11.8 Å². The Bertz CT molecular complexity index is 703. The molecule has 0 fully saturated rings. The molecule has 0 saturated heterocycles. The topological polar surface area (TPSA) is 54.5 Å². The van der Waals surface area contributed by atoms with Crippen LogP contribution in [0.25, 0.3) is 0 Å². The highest BCUT2D eigenvalue weighted by Gasteiger charge is 2.27. The molecule has 1 aliphatic heterocycles. The van der Waals surface area contributed by atoms with Crippen LogP contribution >= 0.6 is 0 Å². The zero-order valence-electron chi connectivity index (χ0n) is 14.2. The second-order valence-corrected chi connectivity index (χ2v) is 6.19. The number of benzene rings is 1. The molecule has 126 valence electrons. The molecule has 0 saturated carbocycles. The predicted molar refractivity (Wildman–Crippen MR) is 95.6 cm³/mol. The molecule has 0 radical (unpaired) electrons. The van der Waals surface area contributed by atoms with Crippen LogP contribution in [0.2, 0.25) is 0 Å². The van der Waals surface area contributed by atoms with E-state index >= 15 is 0 Å². The molecule has 1 atom stereocenters. The van der Waals surface area contributed by atoms with E-state index in [0.29, 0.717) is 18.8 Å². The average Bonchev–Trinajstić information content (AvgIpc) is 3.04. The Morgan fingerprint density at radius 1 is 1.29 bits per heavy atom. The molecular weight excluding hydrogens is 302 g/mol. The molecule has 1 amide bonds. The summed E-state index contributed by atoms with van der Waals surface area (Å²) in [7, 11) is 1.59. The summed E-state index contributed by atoms with van der Waals surface area (Å²) >= 11 is 0. The highest BCUT2D eigenvalue weighted by atomic mass is 16.5. The largest absolute Gasteiger partial charge is 0.481 e. The average molecular weight is 325 g/mol. The van der Waals surface area contributed by atoms with Gasteiger partial charge in [0.15, 0.2) is 0 Å². The van der Waals surface area contributed by atoms with Crippen molar-refractivity contribution < 1.29 is 9.53 Å². The van der Waals surface area contributed by atoms with Gasteiger partial charge in [0.25, 0.3) is 0 Å². The van der Waals surface area contributed by atoms with Crippen LogP contribution in [0.4, 0.5) is 11.5 Å². The number of ether oxygens (including phenoxy) is 1. The minimum atomic E-state index is 0.122. The summed E-state index contributed by atoms with van der Waals surface area (Å²) in [6.45, 7) is 3.55. The number of nitrogens with one attached hydrogen (secondary N) is 1. The van der Waals surface area contributed by atoms with Crippen molar-refractivity contribution in [2.45, 2.75) is 19.8 Å². The number of anilines is 2. The number of carbonyl (C=O) groups is 1. The molecule has 5 nitrogen and oxygen atoms in total. The van der Waals surface area contributed by atoms with Crippen LogP contribution < -0.4 is 15.0 Å². The molecule has 0 spiro atoms. The number of hydrogen-bond acceptors (Lipinski definition) is 4. The van der Waals surface area contributed by atoms with Gasteiger partial charge in [0, 0.05) is 31.3 Å². The second kappa shape index (κ2) is 7.34. The van der Waals surface area contributed by atoms with Crippen LogP contribution in [0.5, 0.6) is 5.88 Å². The molecule has 0 aliphatic carbocycles. The smallest absolute Gasteiger partial charge is 0.228 e. The minimum Gasteiger partial charge on any atom is -0.481 e. The van der Waals surface area contributed by atoms with Gasteiger partial charge in [-0.3, -0.25) is 9.69 Å². The van der Waals surface area contributed by atoms with Crippen molar-refractivity contribution >= 4 is 17.4 Å². The SMILES string of the molecule is COc1ccc2c(n1)N(C(=O)C[C@@H](C)CNc1ccccc1)CC2. The molecule has 24 heavy (non-hydrogen) atoms. The Balaban J connectivity index is 1.58. The Labute approximate surface area is 142 Å². The van der Waals surface area contributed by atoms with Gasteiger partial charge in [-0.25, -0.2) is 0 Å². The lowest BCUT2D eigenvalue weighted by Crippen LogP contribution is -2.31. The fraction of sp³-hybridized carbons (Fsp3) is 0.368. The maximum Gasteiger partial charge on any atom is 0.228 e. The number of amides is 1. The maximum absolute atomic E-state index is 12.6. The highest BCUT2D eigenvalue weighted by Crippen LogP contribution is 2.29. The number of methoxy groups -OCH3 is 1. The highest BCUT2D eigenvalue weighted by molar-refractivity contribution is 5.94. The first kappa shape index (κ1) is 16.3. The Morgan fingerprint density at radius 3 is 2.83 bits per heavy atom. The van der Waals surface area contributed by atoms with Gasteiger partial charge < -0.3 is 10.1 Å². The van der Waals surface area contributed by atoms with Crippen molar-refractivity contribution in [1.82, 2.24) is 4.98 Å². The molecule has 0 unspecified atom stereocenters. The fourth-order valence-electron chi connectivity index (χ4n) is 2.91. The summed E-state index contributed by atoms with van der Waals surface area (Å²) < 4.78 is 5.18. The normalized spacial score (nSPS) is 14.2. The number of rotatable bonds is 6. The zero-order valence-corrected chi connectivity index (χ0v) is 14.2. The quantitative estimate of drug-likeness (QED) is 0.886. The molecule has 0 bridgehead atoms. The van der Waals surface area contributed by atoms with Crippen molar-refractivity contribution in [3.63, 3.8) is 0 Å². The van der Waals surface area contributed by atoms with Crippen LogP contribution in [0.1, 0.15) is 18.9 Å². The summed E-state index contributed by atoms with van der Waals surface area (Å²) in [6.07, 6.45) is 1.35. The van der Waals surface area contributed by atoms with Crippen LogP contribution in [-0.4, -0.2) is 31.1 Å². The van der Waals surface area contributed by atoms with Gasteiger partial charge in [-0.15, -0.1) is 0 Å². The molecule has 1 aromatic heterocycles. The molecule has 1 aliphatic rings. The van der Waals surface area contributed by atoms with Crippen molar-refractivity contribution in [2.24, 2.45) is 5.92 Å². The van der Waals surface area contributed by atoms with Crippen LogP contribution in [-0.2, 0) is 11.2 Å². The first-order valence-corrected chi connectivity index (χ1v) is 8.30. The number of nitrogens with zero attached hydrogens (tertiary/aromatic N) is 2. The number of carbonyl (C=O) groups excluding carboxylic acids is 1. The first-order valence-electron chi connectivity index (χ1n) is 8.30. The Kier molecular flexibility index (Phi) is 4.99. The molecule has 2 aromatic rings. The van der Waals surface area contributed by atoms with E-state index in [1.165, 1.54) is 0 Å². The molecule has 1 aromatic carbocycles. The van der Waals surface area contributed by atoms with Gasteiger partial charge >= 0.3 is 0 Å². The first-order chi connectivity index (χ1) is 11.7. The minimum absolute atomic E-state index is 0.122. The van der Waals surface area contributed by atoms with E-state index in [4.69, 9.17) is 4.74 Å². The van der Waals surface area contributed by atoms with E-state index in [0.717, 1.165) is 30.0 Å². The number of para-hydroxylation sites is 1. The Hall–Kier alpha value is -2.56. The molecule has 3 rings (SSSR count). The van der Waals surface area contributed by atoms with Crippen LogP contribution in [0.3, 0.4) is 0 Å². The van der Waals surface area contributed by atoms with E-state index in [1.807, 2.05) is 42.5 Å². The van der Waals surface area contributed by atoms with Crippen LogP contribution in [0.15, 0.2) is 42.5 Å². The van der Waals surface area contributed by atoms with Crippen molar-refractivity contribution in [1.29, 1.82) is 0 Å². The third-order valence-electron chi connectivity index (χ3n) is 4.25. The summed E-state index contributed by atoms with van der Waals surface area (Å²) in [6, 6.07) is 13.9. The van der Waals surface area contributed by atoms with Gasteiger partial charge in [0.05, 0.1) is 7.11 Å². The third-order valence-corrected chi connectivity index (χ3v) is 4.25. The summed E-state index contributed by atoms with van der Waals surface area (Å²) in [5.41, 5.74) is 2.19. The third kappa shape index (κ3) is 3.67. The predicted octanol–water partition coefficient (Wildman–Crippen LogP) is 3.12. The van der Waals surface area contributed by atoms with Gasteiger partial charge in [0.2, 0.25) is 11.8 Å². The van der Waals surface area contributed by atoms with Gasteiger partial charge in [-0.2, -0.15) is 4.98 Å². The summed E-state index contributed by atoms with van der Waals surface area (Å²) in [5, 5.41) is 3.37. The fourth-order valence-corrected chi connectivity index (χ4v) is 2.91. The van der Waals surface area contributed by atoms with Crippen molar-refractivity contribution in [3.8, 4) is 5.88 Å². The summed E-state index contributed by atoms with van der Waals surface area (Å²) in [5.74, 6) is 1.67. The number of hydrogen-bond donors (Lipinski definition) is 1. The molecule has 2 heterocycles. The second-order valence-electron chi connectivity index (χ2n) is 6.19. The zero-order chi connectivity index (χ0) is 16.9. The number of aromatic nitrogens is 1. The molecular formula is C19H23N3O2. The van der Waals surface area contributed by atoms with E-state index in [1.54, 1.807) is 12.0 Å². The lowest BCUT2D eigenvalue weighted by Gasteiger charge is -2.20. The maximum atomic E-state index is 12.6. The van der Waals surface area contributed by atoms with Gasteiger partial charge in [-0.05, 0) is 36.1 Å². The number of fused-ring (bicyclic) bond motifs is 1. The van der Waals surface area contributed by atoms with Gasteiger partial charge in [0.1, 0.15) is 5.82 Å². The molecule has 1 N–H and O–H groups in total. The van der Waals surface area contributed by atoms with Crippen LogP contribution in [0, 0.1) is 5.92 Å². The lowest BCUT2D eigenvalue weighted by atomic mass is 10.1. The van der Waals surface area contributed by atoms with Crippen molar-refractivity contribution in [2.75, 3.05) is 30.4 Å². The van der Waals surface area contributed by atoms with E-state index < -0.39 is 0 Å². The van der Waals surface area contributed by atoms with E-state index in [2.05, 4.69) is 17.2 Å². The Morgan fingerprint density at radius 2 is 2.08 bits per heavy atom. The van der Waals surface area contributed by atoms with E-state index in [9.17, 15) is 4.79 Å². The van der Waals surface area contributed by atoms with Crippen molar-refractivity contribution in [3.05, 3.63) is 48.0 Å². The summed E-state index contributed by atoms with van der Waals surface area (Å²) in [4.78, 5) is 18.9. The standard InChI is InChI=1S/C19H23N3O2/c1-14(13-20-16-6-4-3-5-7-16)12-18(23)22-11-10-15-8-9-17(24-2)21-19(15)22/h3-9,14,20H,10-13H2,1-2H3/t14-/m1/s1. The lowest BCUT2D eigenvalue weighted by molar-refractivity contribution is -0.119. The van der Waals surface area contributed by atoms with Gasteiger partial charge in [-0.1, -0.05) is 25.1 Å².